The van der Waals surface area contributed by atoms with Crippen LogP contribution in [0.5, 0.6) is 0 Å². The van der Waals surface area contributed by atoms with Gasteiger partial charge in [-0.05, 0) is 12.3 Å². The van der Waals surface area contributed by atoms with Crippen LogP contribution in [0.3, 0.4) is 0 Å². The van der Waals surface area contributed by atoms with Crippen molar-refractivity contribution in [1.82, 2.24) is 0 Å². The topological polar surface area (TPSA) is 46.5 Å². The summed E-state index contributed by atoms with van der Waals surface area (Å²) >= 11 is -2.09. The van der Waals surface area contributed by atoms with Crippen LogP contribution >= 0.6 is 0 Å². The standard InChI is InChI=1S/C13H28O3S/c1-3-4-5-6-7-8-9-10-13(2)11-12-16-17(14)15/h13H,3-12H2,1-2H3,(H,14,15). The van der Waals surface area contributed by atoms with Crippen molar-refractivity contribution in [3.63, 3.8) is 0 Å². The molecule has 0 bridgehead atoms. The molecular weight excluding hydrogens is 236 g/mol. The van der Waals surface area contributed by atoms with Crippen LogP contribution in [-0.2, 0) is 15.5 Å². The first-order valence-electron chi connectivity index (χ1n) is 6.91. The van der Waals surface area contributed by atoms with Crippen LogP contribution in [0.2, 0.25) is 0 Å². The van der Waals surface area contributed by atoms with Crippen LogP contribution in [0.15, 0.2) is 0 Å². The van der Waals surface area contributed by atoms with Crippen molar-refractivity contribution in [2.24, 2.45) is 5.92 Å². The van der Waals surface area contributed by atoms with Gasteiger partial charge in [0.05, 0.1) is 6.61 Å². The maximum absolute atomic E-state index is 10.3. The van der Waals surface area contributed by atoms with E-state index in [4.69, 9.17) is 4.55 Å². The minimum atomic E-state index is -2.09. The first-order valence-corrected chi connectivity index (χ1v) is 7.94. The Hall–Kier alpha value is 0.0700. The molecular formula is C13H28O3S. The van der Waals surface area contributed by atoms with Gasteiger partial charge >= 0.3 is 11.4 Å². The van der Waals surface area contributed by atoms with Crippen LogP contribution in [0, 0.1) is 5.92 Å². The van der Waals surface area contributed by atoms with Crippen molar-refractivity contribution in [3.8, 4) is 0 Å². The quantitative estimate of drug-likeness (QED) is 0.422. The molecule has 0 heterocycles. The molecule has 4 heteroatoms. The Labute approximate surface area is 109 Å². The molecule has 0 saturated heterocycles. The molecule has 0 aliphatic carbocycles. The van der Waals surface area contributed by atoms with E-state index in [1.165, 1.54) is 51.4 Å². The molecule has 17 heavy (non-hydrogen) atoms. The van der Waals surface area contributed by atoms with Crippen LogP contribution in [-0.4, -0.2) is 15.4 Å². The number of hydrogen-bond acceptors (Lipinski definition) is 2. The highest BCUT2D eigenvalue weighted by molar-refractivity contribution is 7.74. The Morgan fingerprint density at radius 1 is 1.06 bits per heavy atom. The molecule has 0 aliphatic heterocycles. The second-order valence-corrected chi connectivity index (χ2v) is 5.51. The number of rotatable bonds is 12. The van der Waals surface area contributed by atoms with Crippen LogP contribution in [0.4, 0.5) is 0 Å². The van der Waals surface area contributed by atoms with Crippen molar-refractivity contribution >= 4 is 11.4 Å². The Bertz CT molecular complexity index is 186. The normalized spacial score (nSPS) is 14.8. The smallest absolute Gasteiger partial charge is 0.284 e. The van der Waals surface area contributed by atoms with Crippen molar-refractivity contribution in [3.05, 3.63) is 0 Å². The summed E-state index contributed by atoms with van der Waals surface area (Å²) in [6.07, 6.45) is 11.4. The third kappa shape index (κ3) is 14.0. The van der Waals surface area contributed by atoms with Gasteiger partial charge < -0.3 is 0 Å². The lowest BCUT2D eigenvalue weighted by Crippen LogP contribution is -2.03. The fourth-order valence-corrected chi connectivity index (χ4v) is 2.15. The summed E-state index contributed by atoms with van der Waals surface area (Å²) in [6, 6.07) is 0. The molecule has 0 aromatic carbocycles. The zero-order valence-corrected chi connectivity index (χ0v) is 12.1. The van der Waals surface area contributed by atoms with Crippen LogP contribution < -0.4 is 0 Å². The monoisotopic (exact) mass is 264 g/mol. The first-order chi connectivity index (χ1) is 8.16. The zero-order valence-electron chi connectivity index (χ0n) is 11.3. The van der Waals surface area contributed by atoms with Gasteiger partial charge in [-0.3, -0.25) is 8.74 Å². The Kier molecular flexibility index (Phi) is 12.6. The molecule has 0 spiro atoms. The van der Waals surface area contributed by atoms with E-state index in [-0.39, 0.29) is 0 Å². The largest absolute Gasteiger partial charge is 0.301 e. The van der Waals surface area contributed by atoms with E-state index in [2.05, 4.69) is 18.0 Å². The molecule has 2 unspecified atom stereocenters. The van der Waals surface area contributed by atoms with Gasteiger partial charge in [0.25, 0.3) is 0 Å². The highest BCUT2D eigenvalue weighted by atomic mass is 32.2. The van der Waals surface area contributed by atoms with Crippen LogP contribution in [0.1, 0.15) is 71.6 Å². The second-order valence-electron chi connectivity index (χ2n) is 4.84. The summed E-state index contributed by atoms with van der Waals surface area (Å²) in [4.78, 5) is 0. The molecule has 104 valence electrons. The molecule has 0 rings (SSSR count). The number of hydrogen-bond donors (Lipinski definition) is 1. The highest BCUT2D eigenvalue weighted by Gasteiger charge is 2.03. The van der Waals surface area contributed by atoms with Gasteiger partial charge in [-0.25, -0.2) is 0 Å². The molecule has 0 aromatic heterocycles. The average molecular weight is 264 g/mol. The summed E-state index contributed by atoms with van der Waals surface area (Å²) in [5, 5.41) is 0. The van der Waals surface area contributed by atoms with Gasteiger partial charge in [0.15, 0.2) is 0 Å². The summed E-state index contributed by atoms with van der Waals surface area (Å²) in [6.45, 7) is 4.81. The van der Waals surface area contributed by atoms with Gasteiger partial charge in [-0.2, -0.15) is 4.21 Å². The molecule has 2 atom stereocenters. The molecule has 0 saturated carbocycles. The predicted octanol–water partition coefficient (Wildman–Crippen LogP) is 4.31. The maximum Gasteiger partial charge on any atom is 0.301 e. The fraction of sp³-hybridized carbons (Fsp3) is 1.00. The lowest BCUT2D eigenvalue weighted by molar-refractivity contribution is 0.273. The van der Waals surface area contributed by atoms with Gasteiger partial charge in [0.1, 0.15) is 0 Å². The van der Waals surface area contributed by atoms with E-state index in [0.717, 1.165) is 6.42 Å². The Balaban J connectivity index is 3.16. The third-order valence-corrected chi connectivity index (χ3v) is 3.46. The SMILES string of the molecule is CCCCCCCCCC(C)CCOS(=O)O. The molecule has 3 nitrogen and oxygen atoms in total. The molecule has 0 aromatic rings. The van der Waals surface area contributed by atoms with Crippen molar-refractivity contribution in [1.29, 1.82) is 0 Å². The van der Waals surface area contributed by atoms with E-state index in [0.29, 0.717) is 12.5 Å². The molecule has 0 fully saturated rings. The summed E-state index contributed by atoms with van der Waals surface area (Å²) in [7, 11) is 0. The average Bonchev–Trinajstić information content (AvgIpc) is 2.27. The lowest BCUT2D eigenvalue weighted by Gasteiger charge is -2.10. The Morgan fingerprint density at radius 2 is 1.65 bits per heavy atom. The third-order valence-electron chi connectivity index (χ3n) is 3.10. The van der Waals surface area contributed by atoms with Crippen molar-refractivity contribution in [2.45, 2.75) is 71.6 Å². The van der Waals surface area contributed by atoms with E-state index < -0.39 is 11.4 Å². The van der Waals surface area contributed by atoms with Crippen molar-refractivity contribution < 1.29 is 12.9 Å². The fourth-order valence-electron chi connectivity index (χ4n) is 1.91. The first kappa shape index (κ1) is 17.1. The van der Waals surface area contributed by atoms with Crippen LogP contribution in [0.25, 0.3) is 0 Å². The van der Waals surface area contributed by atoms with E-state index in [1.54, 1.807) is 0 Å². The van der Waals surface area contributed by atoms with Gasteiger partial charge in [0.2, 0.25) is 0 Å². The van der Waals surface area contributed by atoms with Gasteiger partial charge in [0, 0.05) is 0 Å². The van der Waals surface area contributed by atoms with E-state index in [9.17, 15) is 4.21 Å². The minimum Gasteiger partial charge on any atom is -0.284 e. The molecule has 1 N–H and O–H groups in total. The van der Waals surface area contributed by atoms with Gasteiger partial charge in [-0.1, -0.05) is 65.2 Å². The van der Waals surface area contributed by atoms with Crippen molar-refractivity contribution in [2.75, 3.05) is 6.61 Å². The number of unbranched alkanes of at least 4 members (excludes halogenated alkanes) is 6. The highest BCUT2D eigenvalue weighted by Crippen LogP contribution is 2.15. The zero-order chi connectivity index (χ0) is 12.9. The molecule has 0 radical (unpaired) electrons. The maximum atomic E-state index is 10.3. The summed E-state index contributed by atoms with van der Waals surface area (Å²) in [5.74, 6) is 0.592. The Morgan fingerprint density at radius 3 is 2.24 bits per heavy atom. The van der Waals surface area contributed by atoms with E-state index >= 15 is 0 Å². The second kappa shape index (κ2) is 12.5. The molecule has 0 aliphatic rings. The minimum absolute atomic E-state index is 0.390. The summed E-state index contributed by atoms with van der Waals surface area (Å²) < 4.78 is 23.3. The van der Waals surface area contributed by atoms with E-state index in [1.807, 2.05) is 0 Å². The summed E-state index contributed by atoms with van der Waals surface area (Å²) in [5.41, 5.74) is 0. The predicted molar refractivity (Wildman–Crippen MR) is 73.1 cm³/mol. The lowest BCUT2D eigenvalue weighted by atomic mass is 9.99. The molecule has 0 amide bonds. The van der Waals surface area contributed by atoms with Gasteiger partial charge in [-0.15, -0.1) is 0 Å².